The molecule has 1 saturated heterocycles. The molecule has 10 nitrogen and oxygen atoms in total. The first-order chi connectivity index (χ1) is 17.9. The van der Waals surface area contributed by atoms with Crippen LogP contribution in [0.15, 0.2) is 60.7 Å². The van der Waals surface area contributed by atoms with E-state index in [9.17, 15) is 14.9 Å². The average Bonchev–Trinajstić information content (AvgIpc) is 3.49. The van der Waals surface area contributed by atoms with E-state index in [0.29, 0.717) is 41.2 Å². The summed E-state index contributed by atoms with van der Waals surface area (Å²) in [7, 11) is 1.92. The maximum Gasteiger partial charge on any atom is 0.257 e. The van der Waals surface area contributed by atoms with Crippen LogP contribution in [0.3, 0.4) is 0 Å². The van der Waals surface area contributed by atoms with E-state index < -0.39 is 5.91 Å². The lowest BCUT2D eigenvalue weighted by molar-refractivity contribution is -0.112. The minimum Gasteiger partial charge on any atom is -0.339 e. The molecule has 0 bridgehead atoms. The third-order valence-corrected chi connectivity index (χ3v) is 6.44. The van der Waals surface area contributed by atoms with Crippen molar-refractivity contribution in [2.45, 2.75) is 39.2 Å². The van der Waals surface area contributed by atoms with Crippen molar-refractivity contribution in [3.8, 4) is 6.07 Å². The van der Waals surface area contributed by atoms with Crippen LogP contribution in [0, 0.1) is 11.3 Å². The van der Waals surface area contributed by atoms with Crippen LogP contribution < -0.4 is 5.32 Å². The van der Waals surface area contributed by atoms with Gasteiger partial charge < -0.3 is 9.47 Å². The lowest BCUT2D eigenvalue weighted by atomic mass is 10.1. The van der Waals surface area contributed by atoms with Crippen molar-refractivity contribution in [1.82, 2.24) is 29.0 Å². The third-order valence-electron chi connectivity index (χ3n) is 6.44. The number of hydrogen-bond acceptors (Lipinski definition) is 6. The number of piperidine rings is 1. The molecule has 4 heterocycles. The van der Waals surface area contributed by atoms with Crippen LogP contribution in [-0.2, 0) is 24.8 Å². The Balaban J connectivity index is 1.69. The van der Waals surface area contributed by atoms with Crippen LogP contribution in [0.25, 0.3) is 11.2 Å². The average molecular weight is 499 g/mol. The molecule has 4 rings (SSSR count). The second kappa shape index (κ2) is 11.5. The quantitative estimate of drug-likeness (QED) is 0.288. The second-order valence-corrected chi connectivity index (χ2v) is 8.87. The molecule has 0 radical (unpaired) electrons. The highest BCUT2D eigenvalue weighted by Gasteiger charge is 2.22. The Bertz CT molecular complexity index is 1430. The van der Waals surface area contributed by atoms with Crippen LogP contribution in [0.1, 0.15) is 42.2 Å². The summed E-state index contributed by atoms with van der Waals surface area (Å²) in [5, 5.41) is 12.1. The smallest absolute Gasteiger partial charge is 0.257 e. The van der Waals surface area contributed by atoms with Gasteiger partial charge in [0.15, 0.2) is 5.65 Å². The summed E-state index contributed by atoms with van der Waals surface area (Å²) >= 11 is 0. The van der Waals surface area contributed by atoms with Crippen LogP contribution in [0.5, 0.6) is 0 Å². The first-order valence-corrected chi connectivity index (χ1v) is 12.3. The molecule has 0 unspecified atom stereocenters. The number of allylic oxidation sites excluding steroid dienone is 3. The maximum atomic E-state index is 13.1. The number of aryl methyl sites for hydroxylation is 3. The van der Waals surface area contributed by atoms with Gasteiger partial charge in [0.2, 0.25) is 5.95 Å². The van der Waals surface area contributed by atoms with Crippen LogP contribution >= 0.6 is 0 Å². The predicted octanol–water partition coefficient (Wildman–Crippen LogP) is 3.55. The van der Waals surface area contributed by atoms with E-state index >= 15 is 0 Å². The first kappa shape index (κ1) is 25.6. The molecule has 10 heteroatoms. The number of carbonyl (C=O) groups is 2. The van der Waals surface area contributed by atoms with Crippen molar-refractivity contribution in [2.24, 2.45) is 7.05 Å². The lowest BCUT2D eigenvalue weighted by Crippen LogP contribution is -2.35. The first-order valence-electron chi connectivity index (χ1n) is 12.3. The van der Waals surface area contributed by atoms with Gasteiger partial charge in [-0.15, -0.1) is 0 Å². The number of carbonyl (C=O) groups excluding carboxylic acids is 2. The van der Waals surface area contributed by atoms with E-state index in [0.717, 1.165) is 38.0 Å². The normalized spacial score (nSPS) is 14.5. The van der Waals surface area contributed by atoms with Crippen LogP contribution in [-0.4, -0.2) is 53.9 Å². The van der Waals surface area contributed by atoms with Gasteiger partial charge in [-0.3, -0.25) is 19.5 Å². The van der Waals surface area contributed by atoms with Gasteiger partial charge in [0.25, 0.3) is 11.8 Å². The number of rotatable bonds is 8. The molecule has 3 aromatic rings. The Morgan fingerprint density at radius 2 is 2.03 bits per heavy atom. The van der Waals surface area contributed by atoms with Gasteiger partial charge in [-0.1, -0.05) is 18.7 Å². The van der Waals surface area contributed by atoms with Gasteiger partial charge in [0, 0.05) is 62.3 Å². The zero-order valence-electron chi connectivity index (χ0n) is 21.1. The van der Waals surface area contributed by atoms with Crippen molar-refractivity contribution >= 4 is 28.9 Å². The number of likely N-dealkylation sites (tertiary alicyclic amines) is 1. The van der Waals surface area contributed by atoms with Crippen molar-refractivity contribution in [3.63, 3.8) is 0 Å². The van der Waals surface area contributed by atoms with Gasteiger partial charge >= 0.3 is 0 Å². The maximum absolute atomic E-state index is 13.1. The summed E-state index contributed by atoms with van der Waals surface area (Å²) in [6.45, 7) is 7.39. The Hall–Kier alpha value is -4.52. The third kappa shape index (κ3) is 5.67. The van der Waals surface area contributed by atoms with E-state index in [1.807, 2.05) is 27.2 Å². The van der Waals surface area contributed by atoms with Crippen LogP contribution in [0.2, 0.25) is 0 Å². The monoisotopic (exact) mass is 498 g/mol. The number of nitriles is 1. The molecule has 3 aromatic heterocycles. The topological polar surface area (TPSA) is 122 Å². The Morgan fingerprint density at radius 1 is 1.24 bits per heavy atom. The van der Waals surface area contributed by atoms with Crippen LogP contribution in [0.4, 0.5) is 5.95 Å². The fourth-order valence-corrected chi connectivity index (χ4v) is 4.31. The standard InChI is InChI=1S/C27H30N8O2/c1-4-19(15-28)13-20(5-2)25(36)32-27-31-23-14-21(26(37)34-10-7-6-8-11-34)16-30-24(23)35(27)12-9-22-17-29-18-33(22)3/h4-5,13-14,16-18H,2,6-12H2,1,3H3,(H,31,32,36)/b19-4+,20-13+. The number of aromatic nitrogens is 5. The predicted molar refractivity (Wildman–Crippen MR) is 140 cm³/mol. The Morgan fingerprint density at radius 3 is 2.68 bits per heavy atom. The molecule has 0 spiro atoms. The zero-order chi connectivity index (χ0) is 26.4. The zero-order valence-corrected chi connectivity index (χ0v) is 21.1. The highest BCUT2D eigenvalue weighted by molar-refractivity contribution is 6.06. The number of fused-ring (bicyclic) bond motifs is 1. The molecule has 37 heavy (non-hydrogen) atoms. The minimum absolute atomic E-state index is 0.0589. The van der Waals surface area contributed by atoms with E-state index in [-0.39, 0.29) is 11.5 Å². The molecule has 2 amide bonds. The number of amides is 2. The molecular weight excluding hydrogens is 468 g/mol. The summed E-state index contributed by atoms with van der Waals surface area (Å²) < 4.78 is 3.75. The van der Waals surface area contributed by atoms with E-state index in [1.165, 1.54) is 12.2 Å². The molecule has 0 saturated carbocycles. The number of anilines is 1. The highest BCUT2D eigenvalue weighted by atomic mass is 16.2. The molecule has 190 valence electrons. The fraction of sp³-hybridized carbons (Fsp3) is 0.333. The number of nitrogens with zero attached hydrogens (tertiary/aromatic N) is 7. The van der Waals surface area contributed by atoms with Gasteiger partial charge in [-0.2, -0.15) is 5.26 Å². The summed E-state index contributed by atoms with van der Waals surface area (Å²) in [4.78, 5) is 41.3. The summed E-state index contributed by atoms with van der Waals surface area (Å²) in [6.07, 6.45) is 13.3. The molecule has 1 fully saturated rings. The van der Waals surface area contributed by atoms with E-state index in [2.05, 4.69) is 26.8 Å². The number of nitrogens with one attached hydrogen (secondary N) is 1. The lowest BCUT2D eigenvalue weighted by Gasteiger charge is -2.26. The molecular formula is C27H30N8O2. The molecule has 0 atom stereocenters. The SMILES string of the molecule is C=C/C(=C\C(C#N)=C/C)C(=O)Nc1nc2cc(C(=O)N3CCCCC3)cnc2n1CCc1cncn1C. The number of pyridine rings is 1. The van der Waals surface area contributed by atoms with Crippen molar-refractivity contribution < 1.29 is 9.59 Å². The summed E-state index contributed by atoms with van der Waals surface area (Å²) in [6, 6.07) is 3.76. The number of hydrogen-bond donors (Lipinski definition) is 1. The molecule has 0 aliphatic carbocycles. The van der Waals surface area contributed by atoms with Gasteiger partial charge in [0.1, 0.15) is 5.52 Å². The van der Waals surface area contributed by atoms with Crippen molar-refractivity contribution in [3.05, 3.63) is 72.0 Å². The Labute approximate surface area is 215 Å². The second-order valence-electron chi connectivity index (χ2n) is 8.87. The van der Waals surface area contributed by atoms with Gasteiger partial charge in [-0.25, -0.2) is 15.0 Å². The minimum atomic E-state index is -0.452. The largest absolute Gasteiger partial charge is 0.339 e. The summed E-state index contributed by atoms with van der Waals surface area (Å²) in [5.74, 6) is -0.216. The van der Waals surface area contributed by atoms with Crippen molar-refractivity contribution in [1.29, 1.82) is 5.26 Å². The fourth-order valence-electron chi connectivity index (χ4n) is 4.31. The van der Waals surface area contributed by atoms with E-state index in [1.54, 1.807) is 37.8 Å². The van der Waals surface area contributed by atoms with Gasteiger partial charge in [-0.05, 0) is 38.3 Å². The molecule has 1 aliphatic heterocycles. The van der Waals surface area contributed by atoms with Gasteiger partial charge in [0.05, 0.1) is 18.0 Å². The molecule has 0 aromatic carbocycles. The Kier molecular flexibility index (Phi) is 7.93. The summed E-state index contributed by atoms with van der Waals surface area (Å²) in [5.41, 5.74) is 3.13. The van der Waals surface area contributed by atoms with Crippen molar-refractivity contribution in [2.75, 3.05) is 18.4 Å². The van der Waals surface area contributed by atoms with E-state index in [4.69, 9.17) is 0 Å². The molecule has 1 aliphatic rings. The highest BCUT2D eigenvalue weighted by Crippen LogP contribution is 2.22. The molecule has 1 N–H and O–H groups in total. The number of imidazole rings is 2.